The van der Waals surface area contributed by atoms with Crippen molar-refractivity contribution in [2.45, 2.75) is 45.6 Å². The molecule has 1 fully saturated rings. The first-order valence-electron chi connectivity index (χ1n) is 13.9. The number of hydrogen-bond acceptors (Lipinski definition) is 6. The number of esters is 1. The second kappa shape index (κ2) is 12.9. The molecule has 204 valence electrons. The van der Waals surface area contributed by atoms with Crippen LogP contribution in [-0.2, 0) is 9.53 Å². The second-order valence-corrected chi connectivity index (χ2v) is 10.1. The van der Waals surface area contributed by atoms with Crippen molar-refractivity contribution in [3.8, 4) is 17.2 Å². The van der Waals surface area contributed by atoms with Crippen molar-refractivity contribution in [2.75, 3.05) is 33.0 Å². The molecule has 2 aliphatic rings. The number of ether oxygens (including phenoxy) is 4. The van der Waals surface area contributed by atoms with Crippen LogP contribution in [0.3, 0.4) is 0 Å². The Balaban J connectivity index is 1.38. The quantitative estimate of drug-likeness (QED) is 0.219. The summed E-state index contributed by atoms with van der Waals surface area (Å²) in [6.45, 7) is 7.02. The average Bonchev–Trinajstić information content (AvgIpc) is 3.44. The molecule has 6 nitrogen and oxygen atoms in total. The number of rotatable bonds is 10. The molecule has 0 aromatic heterocycles. The highest BCUT2D eigenvalue weighted by atomic mass is 16.7. The molecule has 2 heterocycles. The van der Waals surface area contributed by atoms with E-state index >= 15 is 0 Å². The highest BCUT2D eigenvalue weighted by molar-refractivity contribution is 5.98. The zero-order valence-corrected chi connectivity index (χ0v) is 22.9. The summed E-state index contributed by atoms with van der Waals surface area (Å²) in [6.07, 6.45) is 4.21. The maximum Gasteiger partial charge on any atom is 0.303 e. The Morgan fingerprint density at radius 2 is 1.56 bits per heavy atom. The van der Waals surface area contributed by atoms with Gasteiger partial charge in [-0.15, -0.1) is 0 Å². The summed E-state index contributed by atoms with van der Waals surface area (Å²) in [6, 6.07) is 24.8. The van der Waals surface area contributed by atoms with Crippen LogP contribution in [0.25, 0.3) is 11.1 Å². The van der Waals surface area contributed by atoms with Gasteiger partial charge in [-0.3, -0.25) is 9.69 Å². The van der Waals surface area contributed by atoms with Gasteiger partial charge >= 0.3 is 5.97 Å². The van der Waals surface area contributed by atoms with Crippen LogP contribution in [-0.4, -0.2) is 50.0 Å². The van der Waals surface area contributed by atoms with Crippen LogP contribution in [0.4, 0.5) is 0 Å². The molecule has 5 rings (SSSR count). The van der Waals surface area contributed by atoms with Crippen molar-refractivity contribution in [3.05, 3.63) is 89.5 Å². The number of likely N-dealkylation sites (tertiary alicyclic amines) is 1. The topological polar surface area (TPSA) is 57.2 Å². The molecule has 6 heteroatoms. The standard InChI is InChI=1S/C33H37NO5/c1-3-30(27-14-17-31-32(20-27)38-23-37-31)33(25-10-6-4-7-11-25)26-12-15-28(16-13-26)36-22-29(39-24(2)35)21-34-18-8-5-9-19-34/h4,6-7,10-17,20,29H,3,5,8-9,18-19,21-23H2,1-2H3/b33-30-. The number of carbonyl (C=O) groups excluding carboxylic acids is 1. The van der Waals surface area contributed by atoms with Gasteiger partial charge in [-0.1, -0.05) is 61.9 Å². The van der Waals surface area contributed by atoms with E-state index in [9.17, 15) is 4.79 Å². The minimum atomic E-state index is -0.294. The van der Waals surface area contributed by atoms with Crippen molar-refractivity contribution in [1.29, 1.82) is 0 Å². The van der Waals surface area contributed by atoms with Gasteiger partial charge in [0.05, 0.1) is 0 Å². The largest absolute Gasteiger partial charge is 0.490 e. The fraction of sp³-hybridized carbons (Fsp3) is 0.364. The van der Waals surface area contributed by atoms with Crippen molar-refractivity contribution in [2.24, 2.45) is 0 Å². The summed E-state index contributed by atoms with van der Waals surface area (Å²) in [4.78, 5) is 14.1. The van der Waals surface area contributed by atoms with E-state index in [4.69, 9.17) is 18.9 Å². The molecular weight excluding hydrogens is 490 g/mol. The molecule has 1 unspecified atom stereocenters. The highest BCUT2D eigenvalue weighted by Gasteiger charge is 2.21. The highest BCUT2D eigenvalue weighted by Crippen LogP contribution is 2.39. The van der Waals surface area contributed by atoms with E-state index in [1.54, 1.807) is 0 Å². The lowest BCUT2D eigenvalue weighted by Gasteiger charge is -2.30. The fourth-order valence-corrected chi connectivity index (χ4v) is 5.43. The number of benzene rings is 3. The lowest BCUT2D eigenvalue weighted by molar-refractivity contribution is -0.149. The van der Waals surface area contributed by atoms with E-state index < -0.39 is 0 Å². The minimum absolute atomic E-state index is 0.257. The zero-order valence-electron chi connectivity index (χ0n) is 22.9. The first-order chi connectivity index (χ1) is 19.1. The maximum absolute atomic E-state index is 11.7. The van der Waals surface area contributed by atoms with Crippen LogP contribution in [0.1, 0.15) is 56.2 Å². The predicted molar refractivity (Wildman–Crippen MR) is 153 cm³/mol. The average molecular weight is 528 g/mol. The number of fused-ring (bicyclic) bond motifs is 1. The molecule has 2 aliphatic heterocycles. The van der Waals surface area contributed by atoms with Crippen molar-refractivity contribution < 1.29 is 23.7 Å². The van der Waals surface area contributed by atoms with E-state index in [0.717, 1.165) is 53.4 Å². The SMILES string of the molecule is CC/C(=C(\c1ccccc1)c1ccc(OCC(CN2CCCCC2)OC(C)=O)cc1)c1ccc2c(c1)OCO2. The lowest BCUT2D eigenvalue weighted by atomic mass is 9.88. The molecule has 0 spiro atoms. The van der Waals surface area contributed by atoms with E-state index in [2.05, 4.69) is 60.4 Å². The molecular formula is C33H37NO5. The van der Waals surface area contributed by atoms with E-state index in [1.165, 1.54) is 37.3 Å². The molecule has 0 bridgehead atoms. The Kier molecular flexibility index (Phi) is 8.84. The summed E-state index contributed by atoms with van der Waals surface area (Å²) in [5.41, 5.74) is 5.77. The van der Waals surface area contributed by atoms with Gasteiger partial charge in [0, 0.05) is 13.5 Å². The third-order valence-electron chi connectivity index (χ3n) is 7.26. The van der Waals surface area contributed by atoms with Gasteiger partial charge < -0.3 is 18.9 Å². The monoisotopic (exact) mass is 527 g/mol. The number of allylic oxidation sites excluding steroid dienone is 1. The molecule has 0 aliphatic carbocycles. The molecule has 0 N–H and O–H groups in total. The van der Waals surface area contributed by atoms with Crippen LogP contribution in [0.2, 0.25) is 0 Å². The van der Waals surface area contributed by atoms with E-state index in [0.29, 0.717) is 13.2 Å². The molecule has 0 saturated carbocycles. The Hall–Kier alpha value is -3.77. The zero-order chi connectivity index (χ0) is 27.0. The lowest BCUT2D eigenvalue weighted by Crippen LogP contribution is -2.40. The Morgan fingerprint density at radius 3 is 2.28 bits per heavy atom. The van der Waals surface area contributed by atoms with E-state index in [1.807, 2.05) is 24.3 Å². The number of hydrogen-bond donors (Lipinski definition) is 0. The predicted octanol–water partition coefficient (Wildman–Crippen LogP) is 6.58. The fourth-order valence-electron chi connectivity index (χ4n) is 5.43. The van der Waals surface area contributed by atoms with Gasteiger partial charge in [-0.2, -0.15) is 0 Å². The first kappa shape index (κ1) is 26.8. The van der Waals surface area contributed by atoms with Gasteiger partial charge in [0.25, 0.3) is 0 Å². The first-order valence-corrected chi connectivity index (χ1v) is 13.9. The molecule has 3 aromatic carbocycles. The molecule has 1 atom stereocenters. The van der Waals surface area contributed by atoms with Gasteiger partial charge in [0.1, 0.15) is 18.5 Å². The van der Waals surface area contributed by atoms with Gasteiger partial charge in [0.15, 0.2) is 11.5 Å². The Bertz CT molecular complexity index is 1280. The van der Waals surface area contributed by atoms with Crippen LogP contribution in [0.15, 0.2) is 72.8 Å². The number of piperidine rings is 1. The van der Waals surface area contributed by atoms with Crippen LogP contribution in [0.5, 0.6) is 17.2 Å². The summed E-state index contributed by atoms with van der Waals surface area (Å²) in [5, 5.41) is 0. The molecule has 1 saturated heterocycles. The third kappa shape index (κ3) is 6.82. The second-order valence-electron chi connectivity index (χ2n) is 10.1. The smallest absolute Gasteiger partial charge is 0.303 e. The normalized spacial score (nSPS) is 16.4. The summed E-state index contributed by atoms with van der Waals surface area (Å²) in [7, 11) is 0. The molecule has 39 heavy (non-hydrogen) atoms. The maximum atomic E-state index is 11.7. The summed E-state index contributed by atoms with van der Waals surface area (Å²) < 4.78 is 22.9. The van der Waals surface area contributed by atoms with Crippen molar-refractivity contribution in [1.82, 2.24) is 4.90 Å². The number of nitrogens with zero attached hydrogens (tertiary/aromatic N) is 1. The Labute approximate surface area is 231 Å². The van der Waals surface area contributed by atoms with Gasteiger partial charge in [-0.05, 0) is 84.5 Å². The van der Waals surface area contributed by atoms with Crippen LogP contribution in [0, 0.1) is 0 Å². The van der Waals surface area contributed by atoms with Crippen molar-refractivity contribution >= 4 is 17.1 Å². The molecule has 0 amide bonds. The summed E-state index contributed by atoms with van der Waals surface area (Å²) >= 11 is 0. The third-order valence-corrected chi connectivity index (χ3v) is 7.26. The van der Waals surface area contributed by atoms with E-state index in [-0.39, 0.29) is 18.9 Å². The minimum Gasteiger partial charge on any atom is -0.490 e. The van der Waals surface area contributed by atoms with Crippen molar-refractivity contribution in [3.63, 3.8) is 0 Å². The van der Waals surface area contributed by atoms with Crippen LogP contribution < -0.4 is 14.2 Å². The van der Waals surface area contributed by atoms with Crippen LogP contribution >= 0.6 is 0 Å². The molecule has 3 aromatic rings. The molecule has 0 radical (unpaired) electrons. The van der Waals surface area contributed by atoms with Gasteiger partial charge in [-0.25, -0.2) is 0 Å². The van der Waals surface area contributed by atoms with Gasteiger partial charge in [0.2, 0.25) is 6.79 Å². The Morgan fingerprint density at radius 1 is 0.872 bits per heavy atom. The summed E-state index contributed by atoms with van der Waals surface area (Å²) in [5.74, 6) is 2.04. The number of carbonyl (C=O) groups is 1.